The molecule has 4 rings (SSSR count). The van der Waals surface area contributed by atoms with Crippen molar-refractivity contribution in [3.8, 4) is 0 Å². The second-order valence-corrected chi connectivity index (χ2v) is 8.93. The van der Waals surface area contributed by atoms with Crippen LogP contribution in [0.15, 0.2) is 70.9 Å². The minimum Gasteiger partial charge on any atom is -0.385 e. The van der Waals surface area contributed by atoms with Gasteiger partial charge in [0.2, 0.25) is 0 Å². The minimum absolute atomic E-state index is 0.0216. The average Bonchev–Trinajstić information content (AvgIpc) is 2.86. The fourth-order valence-corrected chi connectivity index (χ4v) is 4.17. The highest BCUT2D eigenvalue weighted by molar-refractivity contribution is 6.53. The number of hydrogen-bond acceptors (Lipinski definition) is 3. The number of benzene rings is 2. The maximum absolute atomic E-state index is 13.7. The number of nitrogens with zero attached hydrogens (tertiary/aromatic N) is 2. The van der Waals surface area contributed by atoms with E-state index in [0.29, 0.717) is 12.3 Å². The number of allylic oxidation sites excluding steroid dienone is 1. The molecule has 4 heteroatoms. The number of anilines is 1. The van der Waals surface area contributed by atoms with E-state index < -0.39 is 0 Å². The van der Waals surface area contributed by atoms with E-state index in [1.54, 1.807) is 0 Å². The number of para-hydroxylation sites is 1. The SMILES string of the molecule is Cc1ccc(C2C3=C(C(C)C)NCC(C)(C)N=C3C(=O)N2c2ccccc2)cc1. The Morgan fingerprint density at radius 3 is 2.34 bits per heavy atom. The number of carbonyl (C=O) groups excluding carboxylic acids is 1. The summed E-state index contributed by atoms with van der Waals surface area (Å²) in [6.45, 7) is 11.3. The summed E-state index contributed by atoms with van der Waals surface area (Å²) in [6.07, 6.45) is 0. The Morgan fingerprint density at radius 1 is 1.07 bits per heavy atom. The third kappa shape index (κ3) is 3.48. The van der Waals surface area contributed by atoms with Crippen LogP contribution in [-0.2, 0) is 4.79 Å². The normalized spacial score (nSPS) is 21.0. The fraction of sp³-hybridized carbons (Fsp3) is 0.360. The van der Waals surface area contributed by atoms with Gasteiger partial charge in [-0.1, -0.05) is 61.9 Å². The predicted molar refractivity (Wildman–Crippen MR) is 119 cm³/mol. The van der Waals surface area contributed by atoms with Gasteiger partial charge in [0.25, 0.3) is 5.91 Å². The Balaban J connectivity index is 2.00. The summed E-state index contributed by atoms with van der Waals surface area (Å²) in [5, 5.41) is 3.63. The number of fused-ring (bicyclic) bond motifs is 1. The van der Waals surface area contributed by atoms with Gasteiger partial charge in [0.15, 0.2) is 0 Å². The van der Waals surface area contributed by atoms with Gasteiger partial charge in [-0.25, -0.2) is 0 Å². The first-order valence-electron chi connectivity index (χ1n) is 10.3. The Morgan fingerprint density at radius 2 is 1.72 bits per heavy atom. The van der Waals surface area contributed by atoms with Gasteiger partial charge in [0.05, 0.1) is 11.6 Å². The van der Waals surface area contributed by atoms with Gasteiger partial charge in [-0.05, 0) is 44.4 Å². The third-order valence-corrected chi connectivity index (χ3v) is 5.63. The van der Waals surface area contributed by atoms with Crippen LogP contribution in [-0.4, -0.2) is 23.7 Å². The lowest BCUT2D eigenvalue weighted by Crippen LogP contribution is -2.35. The number of hydrogen-bond donors (Lipinski definition) is 1. The summed E-state index contributed by atoms with van der Waals surface area (Å²) in [5.41, 5.74) is 5.58. The van der Waals surface area contributed by atoms with Crippen molar-refractivity contribution < 1.29 is 4.79 Å². The first-order chi connectivity index (χ1) is 13.8. The first kappa shape index (κ1) is 19.4. The molecule has 1 fully saturated rings. The molecule has 0 radical (unpaired) electrons. The number of amides is 1. The topological polar surface area (TPSA) is 44.7 Å². The van der Waals surface area contributed by atoms with Gasteiger partial charge in [-0.3, -0.25) is 14.7 Å². The number of carbonyl (C=O) groups is 1. The second-order valence-electron chi connectivity index (χ2n) is 8.93. The molecular formula is C25H29N3O. The third-order valence-electron chi connectivity index (χ3n) is 5.63. The first-order valence-corrected chi connectivity index (χ1v) is 10.3. The molecule has 1 amide bonds. The van der Waals surface area contributed by atoms with Gasteiger partial charge in [0.1, 0.15) is 5.71 Å². The molecule has 1 atom stereocenters. The van der Waals surface area contributed by atoms with E-state index in [9.17, 15) is 4.79 Å². The summed E-state index contributed by atoms with van der Waals surface area (Å²) in [4.78, 5) is 20.6. The van der Waals surface area contributed by atoms with Crippen LogP contribution >= 0.6 is 0 Å². The van der Waals surface area contributed by atoms with E-state index in [2.05, 4.69) is 64.2 Å². The average molecular weight is 388 g/mol. The molecule has 1 unspecified atom stereocenters. The molecule has 150 valence electrons. The molecule has 2 aliphatic heterocycles. The van der Waals surface area contributed by atoms with E-state index in [4.69, 9.17) is 4.99 Å². The molecule has 2 aromatic rings. The summed E-state index contributed by atoms with van der Waals surface area (Å²) >= 11 is 0. The highest BCUT2D eigenvalue weighted by atomic mass is 16.2. The van der Waals surface area contributed by atoms with Gasteiger partial charge in [-0.15, -0.1) is 0 Å². The summed E-state index contributed by atoms with van der Waals surface area (Å²) in [7, 11) is 0. The second kappa shape index (κ2) is 7.18. The van der Waals surface area contributed by atoms with E-state index >= 15 is 0 Å². The summed E-state index contributed by atoms with van der Waals surface area (Å²) in [5.74, 6) is 0.243. The smallest absolute Gasteiger partial charge is 0.277 e. The fourth-order valence-electron chi connectivity index (χ4n) is 4.17. The molecule has 29 heavy (non-hydrogen) atoms. The Labute approximate surface area is 173 Å². The Kier molecular flexibility index (Phi) is 4.81. The summed E-state index contributed by atoms with van der Waals surface area (Å²) < 4.78 is 0. The molecule has 4 nitrogen and oxygen atoms in total. The minimum atomic E-state index is -0.350. The number of aliphatic imine (C=N–C) groups is 1. The molecule has 0 saturated carbocycles. The molecule has 1 N–H and O–H groups in total. The van der Waals surface area contributed by atoms with Crippen LogP contribution in [0, 0.1) is 12.8 Å². The van der Waals surface area contributed by atoms with Crippen LogP contribution in [0.5, 0.6) is 0 Å². The van der Waals surface area contributed by atoms with E-state index in [-0.39, 0.29) is 23.4 Å². The van der Waals surface area contributed by atoms with Gasteiger partial charge >= 0.3 is 0 Å². The molecule has 2 aromatic carbocycles. The van der Waals surface area contributed by atoms with Crippen molar-refractivity contribution in [3.05, 3.63) is 77.0 Å². The number of aryl methyl sites for hydroxylation is 1. The van der Waals surface area contributed by atoms with Crippen LogP contribution in [0.25, 0.3) is 0 Å². The molecule has 2 heterocycles. The van der Waals surface area contributed by atoms with Crippen LogP contribution < -0.4 is 10.2 Å². The molecule has 0 aromatic heterocycles. The van der Waals surface area contributed by atoms with Gasteiger partial charge in [0, 0.05) is 23.5 Å². The zero-order chi connectivity index (χ0) is 20.8. The van der Waals surface area contributed by atoms with Crippen molar-refractivity contribution in [2.24, 2.45) is 10.9 Å². The van der Waals surface area contributed by atoms with Crippen molar-refractivity contribution in [1.82, 2.24) is 5.32 Å². The lowest BCUT2D eigenvalue weighted by molar-refractivity contribution is -0.112. The van der Waals surface area contributed by atoms with Crippen molar-refractivity contribution in [2.75, 3.05) is 11.4 Å². The lowest BCUT2D eigenvalue weighted by Gasteiger charge is -2.28. The lowest BCUT2D eigenvalue weighted by atomic mass is 9.92. The molecule has 2 aliphatic rings. The van der Waals surface area contributed by atoms with Crippen LogP contribution in [0.1, 0.15) is 44.9 Å². The maximum Gasteiger partial charge on any atom is 0.277 e. The molecular weight excluding hydrogens is 358 g/mol. The largest absolute Gasteiger partial charge is 0.385 e. The molecule has 0 spiro atoms. The Hall–Kier alpha value is -2.88. The van der Waals surface area contributed by atoms with E-state index in [1.807, 2.05) is 35.2 Å². The van der Waals surface area contributed by atoms with Crippen molar-refractivity contribution in [3.63, 3.8) is 0 Å². The maximum atomic E-state index is 13.7. The van der Waals surface area contributed by atoms with Gasteiger partial charge in [-0.2, -0.15) is 0 Å². The highest BCUT2D eigenvalue weighted by Gasteiger charge is 2.46. The predicted octanol–water partition coefficient (Wildman–Crippen LogP) is 4.82. The van der Waals surface area contributed by atoms with Crippen LogP contribution in [0.2, 0.25) is 0 Å². The van der Waals surface area contributed by atoms with Crippen LogP contribution in [0.4, 0.5) is 5.69 Å². The number of rotatable bonds is 3. The standard InChI is InChI=1S/C25H29N3O/c1-16(2)21-20-22(27-25(4,5)15-26-21)24(29)28(19-9-7-6-8-10-19)23(20)18-13-11-17(3)12-14-18/h6-14,16,23,26H,15H2,1-5H3. The number of nitrogens with one attached hydrogen (secondary N) is 1. The summed E-state index contributed by atoms with van der Waals surface area (Å²) in [6, 6.07) is 18.2. The quantitative estimate of drug-likeness (QED) is 0.821. The van der Waals surface area contributed by atoms with Gasteiger partial charge < -0.3 is 5.32 Å². The molecule has 0 bridgehead atoms. The highest BCUT2D eigenvalue weighted by Crippen LogP contribution is 2.43. The molecule has 0 aliphatic carbocycles. The van der Waals surface area contributed by atoms with Crippen molar-refractivity contribution in [2.45, 2.75) is 46.2 Å². The monoisotopic (exact) mass is 387 g/mol. The Bertz CT molecular complexity index is 984. The van der Waals surface area contributed by atoms with Crippen molar-refractivity contribution >= 4 is 17.3 Å². The molecule has 1 saturated heterocycles. The van der Waals surface area contributed by atoms with Crippen molar-refractivity contribution in [1.29, 1.82) is 0 Å². The zero-order valence-electron chi connectivity index (χ0n) is 17.9. The van der Waals surface area contributed by atoms with E-state index in [1.165, 1.54) is 5.56 Å². The van der Waals surface area contributed by atoms with Crippen LogP contribution in [0.3, 0.4) is 0 Å². The van der Waals surface area contributed by atoms with E-state index in [0.717, 1.165) is 22.5 Å². The zero-order valence-corrected chi connectivity index (χ0v) is 17.9.